The number of benzene rings is 1. The van der Waals surface area contributed by atoms with Crippen LogP contribution >= 0.6 is 22.6 Å². The lowest BCUT2D eigenvalue weighted by Gasteiger charge is -2.20. The Morgan fingerprint density at radius 3 is 2.41 bits per heavy atom. The summed E-state index contributed by atoms with van der Waals surface area (Å²) >= 11 is 2.24. The zero-order valence-electron chi connectivity index (χ0n) is 13.6. The molecule has 0 saturated carbocycles. The van der Waals surface area contributed by atoms with E-state index in [4.69, 9.17) is 0 Å². The molecule has 0 radical (unpaired) electrons. The minimum Gasteiger partial charge on any atom is -0.353 e. The maximum Gasteiger partial charge on any atom is 0.238 e. The number of rotatable bonds is 7. The smallest absolute Gasteiger partial charge is 0.238 e. The number of anilines is 1. The minimum absolute atomic E-state index is 0.0601. The number of aryl methyl sites for hydroxylation is 1. The van der Waals surface area contributed by atoms with Gasteiger partial charge in [0.1, 0.15) is 0 Å². The van der Waals surface area contributed by atoms with Crippen LogP contribution in [0.5, 0.6) is 0 Å². The van der Waals surface area contributed by atoms with Crippen LogP contribution in [-0.2, 0) is 9.59 Å². The van der Waals surface area contributed by atoms with E-state index in [1.165, 1.54) is 0 Å². The second-order valence-electron chi connectivity index (χ2n) is 5.53. The molecule has 0 unspecified atom stereocenters. The van der Waals surface area contributed by atoms with E-state index in [1.807, 2.05) is 50.8 Å². The van der Waals surface area contributed by atoms with E-state index in [1.54, 1.807) is 0 Å². The molecule has 1 rings (SSSR count). The number of nitrogens with zero attached hydrogens (tertiary/aromatic N) is 1. The maximum atomic E-state index is 12.1. The summed E-state index contributed by atoms with van der Waals surface area (Å²) in [5.41, 5.74) is 1.84. The first-order valence-electron chi connectivity index (χ1n) is 7.39. The Hall–Kier alpha value is -1.15. The van der Waals surface area contributed by atoms with Gasteiger partial charge in [-0.25, -0.2) is 0 Å². The number of nitrogens with one attached hydrogen (secondary N) is 2. The molecule has 0 aliphatic rings. The van der Waals surface area contributed by atoms with E-state index in [-0.39, 0.29) is 30.9 Å². The van der Waals surface area contributed by atoms with Gasteiger partial charge in [0.05, 0.1) is 13.1 Å². The maximum absolute atomic E-state index is 12.1. The number of hydrogen-bond donors (Lipinski definition) is 2. The van der Waals surface area contributed by atoms with E-state index < -0.39 is 0 Å². The van der Waals surface area contributed by atoms with Crippen molar-refractivity contribution in [2.75, 3.05) is 25.0 Å². The van der Waals surface area contributed by atoms with Gasteiger partial charge in [0, 0.05) is 15.3 Å². The lowest BCUT2D eigenvalue weighted by molar-refractivity contribution is -0.123. The molecule has 1 aromatic carbocycles. The third-order valence-corrected chi connectivity index (χ3v) is 3.76. The van der Waals surface area contributed by atoms with Crippen molar-refractivity contribution in [3.63, 3.8) is 0 Å². The Morgan fingerprint density at radius 1 is 1.23 bits per heavy atom. The van der Waals surface area contributed by atoms with Gasteiger partial charge in [0.15, 0.2) is 0 Å². The van der Waals surface area contributed by atoms with E-state index in [0.717, 1.165) is 14.8 Å². The van der Waals surface area contributed by atoms with E-state index >= 15 is 0 Å². The van der Waals surface area contributed by atoms with Crippen LogP contribution in [0.15, 0.2) is 18.2 Å². The fraction of sp³-hybridized carbons (Fsp3) is 0.500. The van der Waals surface area contributed by atoms with Crippen LogP contribution in [0.1, 0.15) is 26.3 Å². The molecular weight excluding hydrogens is 393 g/mol. The molecule has 0 aromatic heterocycles. The third kappa shape index (κ3) is 6.74. The second kappa shape index (κ2) is 9.09. The highest BCUT2D eigenvalue weighted by Crippen LogP contribution is 2.17. The van der Waals surface area contributed by atoms with E-state index in [2.05, 4.69) is 33.2 Å². The summed E-state index contributed by atoms with van der Waals surface area (Å²) in [6, 6.07) is 5.98. The van der Waals surface area contributed by atoms with Gasteiger partial charge in [0.2, 0.25) is 11.8 Å². The molecule has 6 heteroatoms. The molecule has 22 heavy (non-hydrogen) atoms. The van der Waals surface area contributed by atoms with Crippen LogP contribution in [0.4, 0.5) is 5.69 Å². The van der Waals surface area contributed by atoms with Gasteiger partial charge in [0.25, 0.3) is 0 Å². The standard InChI is InChI=1S/C16H24IN3O2/c1-5-20(9-15(21)18-11(2)3)10-16(22)19-14-7-6-13(17)8-12(14)4/h6-8,11H,5,9-10H2,1-4H3,(H,18,21)(H,19,22). The normalized spacial score (nSPS) is 10.9. The summed E-state index contributed by atoms with van der Waals surface area (Å²) in [4.78, 5) is 25.7. The van der Waals surface area contributed by atoms with Crippen molar-refractivity contribution in [3.8, 4) is 0 Å². The molecular formula is C16H24IN3O2. The molecule has 0 aliphatic heterocycles. The zero-order valence-corrected chi connectivity index (χ0v) is 15.7. The molecule has 0 fully saturated rings. The molecule has 2 N–H and O–H groups in total. The van der Waals surface area contributed by atoms with Crippen molar-refractivity contribution < 1.29 is 9.59 Å². The van der Waals surface area contributed by atoms with Crippen LogP contribution in [0, 0.1) is 10.5 Å². The molecule has 5 nitrogen and oxygen atoms in total. The van der Waals surface area contributed by atoms with Crippen molar-refractivity contribution in [2.45, 2.75) is 33.7 Å². The summed E-state index contributed by atoms with van der Waals surface area (Å²) in [6.07, 6.45) is 0. The summed E-state index contributed by atoms with van der Waals surface area (Å²) < 4.78 is 1.13. The van der Waals surface area contributed by atoms with Gasteiger partial charge in [-0.2, -0.15) is 0 Å². The van der Waals surface area contributed by atoms with E-state index in [9.17, 15) is 9.59 Å². The summed E-state index contributed by atoms with van der Waals surface area (Å²) in [5, 5.41) is 5.73. The predicted molar refractivity (Wildman–Crippen MR) is 97.9 cm³/mol. The van der Waals surface area contributed by atoms with Gasteiger partial charge in [-0.1, -0.05) is 6.92 Å². The summed E-state index contributed by atoms with van der Waals surface area (Å²) in [7, 11) is 0. The Balaban J connectivity index is 2.56. The van der Waals surface area contributed by atoms with Gasteiger partial charge in [-0.15, -0.1) is 0 Å². The second-order valence-corrected chi connectivity index (χ2v) is 6.78. The van der Waals surface area contributed by atoms with Crippen molar-refractivity contribution >= 4 is 40.1 Å². The van der Waals surface area contributed by atoms with Crippen LogP contribution in [0.3, 0.4) is 0 Å². The predicted octanol–water partition coefficient (Wildman–Crippen LogP) is 2.38. The SMILES string of the molecule is CCN(CC(=O)Nc1ccc(I)cc1C)CC(=O)NC(C)C. The molecule has 0 bridgehead atoms. The molecule has 122 valence electrons. The van der Waals surface area contributed by atoms with Gasteiger partial charge in [-0.05, 0) is 73.7 Å². The zero-order chi connectivity index (χ0) is 16.7. The Labute approximate surface area is 146 Å². The van der Waals surface area contributed by atoms with E-state index in [0.29, 0.717) is 6.54 Å². The van der Waals surface area contributed by atoms with Gasteiger partial charge in [-0.3, -0.25) is 14.5 Å². The summed E-state index contributed by atoms with van der Waals surface area (Å²) in [5.74, 6) is -0.168. The quantitative estimate of drug-likeness (QED) is 0.670. The average Bonchev–Trinajstić information content (AvgIpc) is 2.40. The molecule has 1 aromatic rings. The van der Waals surface area contributed by atoms with Gasteiger partial charge >= 0.3 is 0 Å². The molecule has 0 spiro atoms. The number of likely N-dealkylation sites (N-methyl/N-ethyl adjacent to an activating group) is 1. The van der Waals surface area contributed by atoms with Crippen molar-refractivity contribution in [1.29, 1.82) is 0 Å². The molecule has 2 amide bonds. The Bertz CT molecular complexity index is 532. The van der Waals surface area contributed by atoms with Crippen molar-refractivity contribution in [3.05, 3.63) is 27.3 Å². The Kier molecular flexibility index (Phi) is 7.81. The van der Waals surface area contributed by atoms with Gasteiger partial charge < -0.3 is 10.6 Å². The number of amides is 2. The average molecular weight is 417 g/mol. The molecule has 0 aliphatic carbocycles. The highest BCUT2D eigenvalue weighted by atomic mass is 127. The first kappa shape index (κ1) is 18.9. The van der Waals surface area contributed by atoms with Crippen LogP contribution in [0.25, 0.3) is 0 Å². The third-order valence-electron chi connectivity index (χ3n) is 3.09. The number of carbonyl (C=O) groups excluding carboxylic acids is 2. The van der Waals surface area contributed by atoms with Crippen LogP contribution < -0.4 is 10.6 Å². The largest absolute Gasteiger partial charge is 0.353 e. The first-order chi connectivity index (χ1) is 10.3. The van der Waals surface area contributed by atoms with Crippen molar-refractivity contribution in [1.82, 2.24) is 10.2 Å². The molecule has 0 heterocycles. The summed E-state index contributed by atoms with van der Waals surface area (Å²) in [6.45, 7) is 8.81. The molecule has 0 saturated heterocycles. The fourth-order valence-corrected chi connectivity index (χ4v) is 2.66. The van der Waals surface area contributed by atoms with Crippen LogP contribution in [-0.4, -0.2) is 42.4 Å². The Morgan fingerprint density at radius 2 is 1.86 bits per heavy atom. The fourth-order valence-electron chi connectivity index (χ4n) is 2.01. The topological polar surface area (TPSA) is 61.4 Å². The van der Waals surface area contributed by atoms with Crippen molar-refractivity contribution in [2.24, 2.45) is 0 Å². The first-order valence-corrected chi connectivity index (χ1v) is 8.47. The lowest BCUT2D eigenvalue weighted by Crippen LogP contribution is -2.42. The minimum atomic E-state index is -0.108. The highest BCUT2D eigenvalue weighted by Gasteiger charge is 2.14. The lowest BCUT2D eigenvalue weighted by atomic mass is 10.2. The van der Waals surface area contributed by atoms with Crippen LogP contribution in [0.2, 0.25) is 0 Å². The monoisotopic (exact) mass is 417 g/mol. The number of hydrogen-bond acceptors (Lipinski definition) is 3. The number of carbonyl (C=O) groups is 2. The number of halogens is 1. The highest BCUT2D eigenvalue weighted by molar-refractivity contribution is 14.1. The molecule has 0 atom stereocenters.